The SMILES string of the molecule is c1ccc(C2N=C(c3cccc4c3oc3c(C5=NC(c6ccccc6)C(c6ccccc6)O5)cccc34)OC2c2ccccc2)cc1. The van der Waals surface area contributed by atoms with Crippen molar-refractivity contribution in [2.45, 2.75) is 24.3 Å². The smallest absolute Gasteiger partial charge is 0.221 e. The Bertz CT molecular complexity index is 2100. The maximum absolute atomic E-state index is 6.78. The fourth-order valence-electron chi connectivity index (χ4n) is 6.83. The van der Waals surface area contributed by atoms with Gasteiger partial charge in [-0.3, -0.25) is 0 Å². The summed E-state index contributed by atoms with van der Waals surface area (Å²) in [7, 11) is 0. The van der Waals surface area contributed by atoms with Crippen LogP contribution < -0.4 is 0 Å². The van der Waals surface area contributed by atoms with Crippen LogP contribution >= 0.6 is 0 Å². The maximum Gasteiger partial charge on any atom is 0.221 e. The first kappa shape index (κ1) is 27.4. The van der Waals surface area contributed by atoms with Crippen LogP contribution in [0.3, 0.4) is 0 Å². The normalized spacial score (nSPS) is 20.5. The molecule has 1 aromatic heterocycles. The van der Waals surface area contributed by atoms with Crippen molar-refractivity contribution in [1.82, 2.24) is 0 Å². The number of ether oxygens (including phenoxy) is 2. The van der Waals surface area contributed by atoms with Gasteiger partial charge in [-0.05, 0) is 34.4 Å². The predicted molar refractivity (Wildman–Crippen MR) is 186 cm³/mol. The number of aliphatic imine (C=N–C) groups is 2. The Balaban J connectivity index is 1.15. The average molecular weight is 611 g/mol. The minimum atomic E-state index is -0.255. The van der Waals surface area contributed by atoms with Crippen LogP contribution in [-0.4, -0.2) is 11.8 Å². The Hall–Kier alpha value is -5.94. The number of nitrogens with zero attached hydrogens (tertiary/aromatic N) is 2. The Labute approximate surface area is 272 Å². The third kappa shape index (κ3) is 4.79. The molecule has 226 valence electrons. The number of para-hydroxylation sites is 2. The highest BCUT2D eigenvalue weighted by atomic mass is 16.5. The quantitative estimate of drug-likeness (QED) is 0.188. The molecule has 0 amide bonds. The molecule has 4 atom stereocenters. The van der Waals surface area contributed by atoms with Crippen LogP contribution in [0, 0.1) is 0 Å². The van der Waals surface area contributed by atoms with E-state index in [0.717, 1.165) is 55.3 Å². The molecule has 0 fully saturated rings. The largest absolute Gasteiger partial charge is 0.466 e. The Morgan fingerprint density at radius 3 is 1.11 bits per heavy atom. The molecule has 0 saturated heterocycles. The third-order valence-electron chi connectivity index (χ3n) is 9.09. The highest BCUT2D eigenvalue weighted by Crippen LogP contribution is 2.45. The number of furan rings is 1. The number of rotatable bonds is 6. The molecule has 2 aliphatic heterocycles. The number of hydrogen-bond donors (Lipinski definition) is 0. The lowest BCUT2D eigenvalue weighted by Gasteiger charge is -2.18. The molecule has 0 saturated carbocycles. The second kappa shape index (κ2) is 11.5. The first-order chi connectivity index (χ1) is 23.3. The third-order valence-corrected chi connectivity index (χ3v) is 9.09. The Kier molecular flexibility index (Phi) is 6.67. The highest BCUT2D eigenvalue weighted by Gasteiger charge is 2.37. The van der Waals surface area contributed by atoms with Gasteiger partial charge >= 0.3 is 0 Å². The van der Waals surface area contributed by atoms with E-state index in [9.17, 15) is 0 Å². The van der Waals surface area contributed by atoms with Crippen molar-refractivity contribution in [2.75, 3.05) is 0 Å². The fraction of sp³-hybridized carbons (Fsp3) is 0.0952. The lowest BCUT2D eigenvalue weighted by Crippen LogP contribution is -2.09. The van der Waals surface area contributed by atoms with Gasteiger partial charge < -0.3 is 13.9 Å². The summed E-state index contributed by atoms with van der Waals surface area (Å²) in [6.45, 7) is 0. The molecule has 0 spiro atoms. The summed E-state index contributed by atoms with van der Waals surface area (Å²) in [6, 6.07) is 53.2. The van der Waals surface area contributed by atoms with Gasteiger partial charge in [0.15, 0.2) is 12.2 Å². The van der Waals surface area contributed by atoms with Crippen LogP contribution in [-0.2, 0) is 9.47 Å². The Morgan fingerprint density at radius 1 is 0.362 bits per heavy atom. The van der Waals surface area contributed by atoms with Crippen molar-refractivity contribution in [3.05, 3.63) is 191 Å². The van der Waals surface area contributed by atoms with Crippen molar-refractivity contribution in [2.24, 2.45) is 9.98 Å². The molecule has 0 N–H and O–H groups in total. The molecule has 7 aromatic rings. The molecule has 0 bridgehead atoms. The number of hydrogen-bond acceptors (Lipinski definition) is 5. The lowest BCUT2D eigenvalue weighted by molar-refractivity contribution is 0.197. The molecule has 0 radical (unpaired) electrons. The van der Waals surface area contributed by atoms with Gasteiger partial charge in [-0.15, -0.1) is 0 Å². The van der Waals surface area contributed by atoms with Crippen LogP contribution in [0.1, 0.15) is 57.7 Å². The van der Waals surface area contributed by atoms with E-state index in [2.05, 4.69) is 60.7 Å². The van der Waals surface area contributed by atoms with E-state index in [4.69, 9.17) is 23.9 Å². The minimum Gasteiger partial charge on any atom is -0.466 e. The summed E-state index contributed by atoms with van der Waals surface area (Å²) in [4.78, 5) is 10.4. The summed E-state index contributed by atoms with van der Waals surface area (Å²) in [5.74, 6) is 1.14. The number of fused-ring (bicyclic) bond motifs is 3. The molecule has 6 aromatic carbocycles. The fourth-order valence-corrected chi connectivity index (χ4v) is 6.83. The van der Waals surface area contributed by atoms with Gasteiger partial charge in [0, 0.05) is 10.8 Å². The van der Waals surface area contributed by atoms with Crippen molar-refractivity contribution in [3.8, 4) is 0 Å². The standard InChI is InChI=1S/C42H30N2O3/c1-5-15-27(16-6-1)35-37(29-19-9-3-10-20-29)46-41(43-35)33-25-13-23-31-32-24-14-26-34(40(32)45-39(31)33)42-44-36(28-17-7-2-8-18-28)38(47-42)30-21-11-4-12-22-30/h1-26,35-38H. The summed E-state index contributed by atoms with van der Waals surface area (Å²) >= 11 is 0. The van der Waals surface area contributed by atoms with Gasteiger partial charge in [0.25, 0.3) is 0 Å². The van der Waals surface area contributed by atoms with Crippen LogP contribution in [0.2, 0.25) is 0 Å². The van der Waals surface area contributed by atoms with Crippen molar-refractivity contribution in [3.63, 3.8) is 0 Å². The Morgan fingerprint density at radius 2 is 0.723 bits per heavy atom. The van der Waals surface area contributed by atoms with E-state index >= 15 is 0 Å². The monoisotopic (exact) mass is 610 g/mol. The van der Waals surface area contributed by atoms with E-state index < -0.39 is 0 Å². The summed E-state index contributed by atoms with van der Waals surface area (Å²) in [5, 5.41) is 1.98. The molecule has 3 heterocycles. The average Bonchev–Trinajstić information content (AvgIpc) is 3.89. The molecule has 5 nitrogen and oxygen atoms in total. The van der Waals surface area contributed by atoms with Gasteiger partial charge in [0.2, 0.25) is 11.8 Å². The first-order valence-corrected chi connectivity index (χ1v) is 16.0. The molecule has 0 aliphatic carbocycles. The first-order valence-electron chi connectivity index (χ1n) is 16.0. The van der Waals surface area contributed by atoms with Gasteiger partial charge in [0.05, 0.1) is 11.1 Å². The minimum absolute atomic E-state index is 0.185. The second-order valence-corrected chi connectivity index (χ2v) is 11.9. The second-order valence-electron chi connectivity index (χ2n) is 11.9. The van der Waals surface area contributed by atoms with Crippen molar-refractivity contribution >= 4 is 33.7 Å². The van der Waals surface area contributed by atoms with Crippen molar-refractivity contribution in [1.29, 1.82) is 0 Å². The van der Waals surface area contributed by atoms with E-state index in [0.29, 0.717) is 11.8 Å². The van der Waals surface area contributed by atoms with Gasteiger partial charge in [0.1, 0.15) is 23.2 Å². The zero-order chi connectivity index (χ0) is 31.2. The van der Waals surface area contributed by atoms with Gasteiger partial charge in [-0.1, -0.05) is 146 Å². The van der Waals surface area contributed by atoms with Crippen LogP contribution in [0.5, 0.6) is 0 Å². The summed E-state index contributed by atoms with van der Waals surface area (Å²) < 4.78 is 20.2. The summed E-state index contributed by atoms with van der Waals surface area (Å²) in [6.07, 6.45) is -0.509. The van der Waals surface area contributed by atoms with Crippen LogP contribution in [0.25, 0.3) is 21.9 Å². The molecule has 4 unspecified atom stereocenters. The van der Waals surface area contributed by atoms with Crippen LogP contribution in [0.4, 0.5) is 0 Å². The van der Waals surface area contributed by atoms with Gasteiger partial charge in [-0.2, -0.15) is 0 Å². The lowest BCUT2D eigenvalue weighted by atomic mass is 9.97. The molecule has 5 heteroatoms. The van der Waals surface area contributed by atoms with E-state index in [1.165, 1.54) is 0 Å². The van der Waals surface area contributed by atoms with E-state index in [1.54, 1.807) is 0 Å². The van der Waals surface area contributed by atoms with E-state index in [-0.39, 0.29) is 24.3 Å². The molecule has 47 heavy (non-hydrogen) atoms. The molecule has 2 aliphatic rings. The number of benzene rings is 6. The van der Waals surface area contributed by atoms with Gasteiger partial charge in [-0.25, -0.2) is 9.98 Å². The van der Waals surface area contributed by atoms with Crippen LogP contribution in [0.15, 0.2) is 172 Å². The zero-order valence-electron chi connectivity index (χ0n) is 25.4. The highest BCUT2D eigenvalue weighted by molar-refractivity contribution is 6.17. The topological polar surface area (TPSA) is 56.3 Å². The zero-order valence-corrected chi connectivity index (χ0v) is 25.4. The molecular weight excluding hydrogens is 580 g/mol. The van der Waals surface area contributed by atoms with Crippen molar-refractivity contribution < 1.29 is 13.9 Å². The van der Waals surface area contributed by atoms with E-state index in [1.807, 2.05) is 97.1 Å². The summed E-state index contributed by atoms with van der Waals surface area (Å²) in [5.41, 5.74) is 7.47. The predicted octanol–water partition coefficient (Wildman–Crippen LogP) is 10.1. The molecule has 9 rings (SSSR count). The molecular formula is C42H30N2O3. The maximum atomic E-state index is 6.78.